The van der Waals surface area contributed by atoms with Crippen molar-refractivity contribution >= 4 is 17.5 Å². The van der Waals surface area contributed by atoms with Crippen LogP contribution >= 0.6 is 0 Å². The maximum Gasteiger partial charge on any atom is 0.407 e. The lowest BCUT2D eigenvalue weighted by atomic mass is 9.68. The molecule has 0 spiro atoms. The second-order valence-electron chi connectivity index (χ2n) is 5.54. The first-order valence-electron chi connectivity index (χ1n) is 6.93. The number of hydrogen-bond acceptors (Lipinski definition) is 2. The number of hydrogen-bond donors (Lipinski definition) is 2. The van der Waals surface area contributed by atoms with Crippen molar-refractivity contribution in [3.05, 3.63) is 53.1 Å². The zero-order valence-electron chi connectivity index (χ0n) is 12.6. The number of rotatable bonds is 3. The van der Waals surface area contributed by atoms with Gasteiger partial charge in [-0.1, -0.05) is 24.3 Å². The van der Waals surface area contributed by atoms with Crippen LogP contribution in [0, 0.1) is 5.41 Å². The van der Waals surface area contributed by atoms with Crippen molar-refractivity contribution in [2.24, 2.45) is 5.41 Å². The van der Waals surface area contributed by atoms with Crippen LogP contribution in [-0.2, 0) is 4.79 Å². The summed E-state index contributed by atoms with van der Waals surface area (Å²) in [5.74, 6) is -3.29. The molecule has 2 rings (SSSR count). The highest BCUT2D eigenvalue weighted by Crippen LogP contribution is 2.62. The number of aliphatic carboxylic acids is 1. The summed E-state index contributed by atoms with van der Waals surface area (Å²) in [6, 6.07) is 3.38. The molecule has 26 heavy (non-hydrogen) atoms. The topological polar surface area (TPSA) is 74.6 Å². The largest absolute Gasteiger partial charge is 0.478 e. The number of benzene rings is 1. The number of aromatic carboxylic acids is 1. The zero-order valence-corrected chi connectivity index (χ0v) is 12.6. The van der Waals surface area contributed by atoms with Crippen molar-refractivity contribution in [1.82, 2.24) is 0 Å². The van der Waals surface area contributed by atoms with Gasteiger partial charge >= 0.3 is 24.3 Å². The molecule has 1 aliphatic rings. The number of carboxylic acids is 2. The SMILES string of the molecule is O=C(O)C1=CC=C(c2ccc(C(=O)O)cc2)C(C(F)(F)F)(C(F)(F)F)C1. The van der Waals surface area contributed by atoms with Gasteiger partial charge < -0.3 is 10.2 Å². The van der Waals surface area contributed by atoms with Gasteiger partial charge in [-0.15, -0.1) is 0 Å². The Bertz CT molecular complexity index is 786. The minimum atomic E-state index is -5.84. The van der Waals surface area contributed by atoms with E-state index in [0.717, 1.165) is 24.3 Å². The Morgan fingerprint density at radius 3 is 1.73 bits per heavy atom. The number of carboxylic acid groups (broad SMARTS) is 2. The lowest BCUT2D eigenvalue weighted by Gasteiger charge is -2.41. The predicted octanol–water partition coefficient (Wildman–Crippen LogP) is 4.29. The Hall–Kier alpha value is -2.78. The number of halogens is 6. The van der Waals surface area contributed by atoms with Crippen molar-refractivity contribution in [2.75, 3.05) is 0 Å². The van der Waals surface area contributed by atoms with Crippen molar-refractivity contribution in [3.63, 3.8) is 0 Å². The fourth-order valence-electron chi connectivity index (χ4n) is 2.71. The molecule has 1 aromatic rings. The van der Waals surface area contributed by atoms with Crippen molar-refractivity contribution in [2.45, 2.75) is 18.8 Å². The quantitative estimate of drug-likeness (QED) is 0.767. The van der Waals surface area contributed by atoms with E-state index in [1.54, 1.807) is 0 Å². The highest BCUT2D eigenvalue weighted by atomic mass is 19.4. The minimum Gasteiger partial charge on any atom is -0.478 e. The molecule has 0 saturated heterocycles. The van der Waals surface area contributed by atoms with E-state index in [-0.39, 0.29) is 5.56 Å². The Morgan fingerprint density at radius 1 is 0.846 bits per heavy atom. The fourth-order valence-corrected chi connectivity index (χ4v) is 2.71. The molecule has 0 radical (unpaired) electrons. The molecule has 0 unspecified atom stereocenters. The van der Waals surface area contributed by atoms with Crippen LogP contribution in [0.25, 0.3) is 5.57 Å². The lowest BCUT2D eigenvalue weighted by molar-refractivity contribution is -0.316. The van der Waals surface area contributed by atoms with Gasteiger partial charge in [-0.3, -0.25) is 0 Å². The molecule has 1 aromatic carbocycles. The molecular weight excluding hydrogens is 370 g/mol. The van der Waals surface area contributed by atoms with E-state index < -0.39 is 52.8 Å². The molecule has 0 fully saturated rings. The third-order valence-electron chi connectivity index (χ3n) is 4.05. The van der Waals surface area contributed by atoms with Crippen LogP contribution in [0.3, 0.4) is 0 Å². The van der Waals surface area contributed by atoms with Crippen molar-refractivity contribution < 1.29 is 46.1 Å². The lowest BCUT2D eigenvalue weighted by Crippen LogP contribution is -2.52. The third-order valence-corrected chi connectivity index (χ3v) is 4.05. The normalized spacial score (nSPS) is 17.3. The van der Waals surface area contributed by atoms with Gasteiger partial charge in [-0.05, 0) is 23.3 Å². The first kappa shape index (κ1) is 19.5. The van der Waals surface area contributed by atoms with Crippen LogP contribution in [0.1, 0.15) is 22.3 Å². The molecule has 0 atom stereocenters. The molecule has 0 heterocycles. The second kappa shape index (κ2) is 6.19. The number of carbonyl (C=O) groups is 2. The van der Waals surface area contributed by atoms with Crippen LogP contribution in [0.4, 0.5) is 26.3 Å². The van der Waals surface area contributed by atoms with E-state index in [9.17, 15) is 35.9 Å². The standard InChI is InChI=1S/C16H10F6O4/c17-15(18,19)14(16(20,21)22)7-10(13(25)26)5-6-11(14)8-1-3-9(4-2-8)12(23)24/h1-6H,7H2,(H,23,24)(H,25,26). The van der Waals surface area contributed by atoms with Crippen molar-refractivity contribution in [3.8, 4) is 0 Å². The first-order chi connectivity index (χ1) is 11.8. The van der Waals surface area contributed by atoms with Gasteiger partial charge in [0.15, 0.2) is 5.41 Å². The summed E-state index contributed by atoms with van der Waals surface area (Å²) < 4.78 is 81.6. The number of alkyl halides is 6. The monoisotopic (exact) mass is 380 g/mol. The van der Waals surface area contributed by atoms with E-state index in [4.69, 9.17) is 10.2 Å². The van der Waals surface area contributed by atoms with Crippen LogP contribution < -0.4 is 0 Å². The van der Waals surface area contributed by atoms with Crippen LogP contribution in [0.2, 0.25) is 0 Å². The maximum absolute atomic E-state index is 13.6. The molecule has 0 amide bonds. The third kappa shape index (κ3) is 3.06. The van der Waals surface area contributed by atoms with E-state index in [1.165, 1.54) is 0 Å². The van der Waals surface area contributed by atoms with Gasteiger partial charge in [-0.25, -0.2) is 9.59 Å². The molecule has 10 heteroatoms. The molecule has 4 nitrogen and oxygen atoms in total. The summed E-state index contributed by atoms with van der Waals surface area (Å²) in [4.78, 5) is 21.8. The Balaban J connectivity index is 2.75. The Labute approximate surface area is 142 Å². The van der Waals surface area contributed by atoms with E-state index >= 15 is 0 Å². The second-order valence-corrected chi connectivity index (χ2v) is 5.54. The highest BCUT2D eigenvalue weighted by Gasteiger charge is 2.73. The summed E-state index contributed by atoms with van der Waals surface area (Å²) >= 11 is 0. The minimum absolute atomic E-state index is 0.323. The predicted molar refractivity (Wildman–Crippen MR) is 76.3 cm³/mol. The van der Waals surface area contributed by atoms with Crippen LogP contribution in [-0.4, -0.2) is 34.5 Å². The smallest absolute Gasteiger partial charge is 0.407 e. The van der Waals surface area contributed by atoms with Gasteiger partial charge in [0.25, 0.3) is 0 Å². The number of allylic oxidation sites excluding steroid dienone is 3. The van der Waals surface area contributed by atoms with E-state index in [2.05, 4.69) is 0 Å². The van der Waals surface area contributed by atoms with Crippen LogP contribution in [0.5, 0.6) is 0 Å². The molecule has 1 aliphatic carbocycles. The van der Waals surface area contributed by atoms with Gasteiger partial charge in [0, 0.05) is 12.0 Å². The average molecular weight is 380 g/mol. The van der Waals surface area contributed by atoms with Gasteiger partial charge in [0.05, 0.1) is 5.56 Å². The Morgan fingerprint density at radius 2 is 1.35 bits per heavy atom. The summed E-state index contributed by atoms with van der Waals surface area (Å²) in [6.45, 7) is 0. The molecule has 2 N–H and O–H groups in total. The van der Waals surface area contributed by atoms with E-state index in [0.29, 0.717) is 12.2 Å². The van der Waals surface area contributed by atoms with Gasteiger partial charge in [0.1, 0.15) is 0 Å². The summed E-state index contributed by atoms with van der Waals surface area (Å²) in [7, 11) is 0. The van der Waals surface area contributed by atoms with E-state index in [1.807, 2.05) is 0 Å². The summed E-state index contributed by atoms with van der Waals surface area (Å²) in [5.41, 5.74) is -7.49. The maximum atomic E-state index is 13.6. The highest BCUT2D eigenvalue weighted by molar-refractivity contribution is 5.91. The fraction of sp³-hybridized carbons (Fsp3) is 0.250. The molecule has 0 aromatic heterocycles. The average Bonchev–Trinajstić information content (AvgIpc) is 2.52. The molecule has 0 bridgehead atoms. The molecule has 0 saturated carbocycles. The molecule has 0 aliphatic heterocycles. The van der Waals surface area contributed by atoms with Crippen molar-refractivity contribution in [1.29, 1.82) is 0 Å². The summed E-state index contributed by atoms with van der Waals surface area (Å²) in [5, 5.41) is 17.7. The van der Waals surface area contributed by atoms with Gasteiger partial charge in [0.2, 0.25) is 0 Å². The molecular formula is C16H10F6O4. The van der Waals surface area contributed by atoms with Gasteiger partial charge in [-0.2, -0.15) is 26.3 Å². The molecule has 140 valence electrons. The zero-order chi connectivity index (χ0) is 19.9. The van der Waals surface area contributed by atoms with Crippen LogP contribution in [0.15, 0.2) is 42.0 Å². The first-order valence-corrected chi connectivity index (χ1v) is 6.93. The Kier molecular flexibility index (Phi) is 4.65. The summed E-state index contributed by atoms with van der Waals surface area (Å²) in [6.07, 6.45) is -12.3.